The molecule has 0 atom stereocenters. The van der Waals surface area contributed by atoms with Gasteiger partial charge in [-0.05, 0) is 42.7 Å². The molecule has 3 rings (SSSR count). The molecule has 2 aromatic carbocycles. The third-order valence-electron chi connectivity index (χ3n) is 4.56. The van der Waals surface area contributed by atoms with Crippen LogP contribution in [0, 0.1) is 0 Å². The number of para-hydroxylation sites is 1. The summed E-state index contributed by atoms with van der Waals surface area (Å²) in [7, 11) is 3.40. The number of unbranched alkanes of at least 4 members (excludes halogenated alkanes) is 1. The number of aromatic nitrogens is 2. The molecule has 4 heteroatoms. The van der Waals surface area contributed by atoms with Crippen molar-refractivity contribution in [1.29, 1.82) is 0 Å². The second-order valence-corrected chi connectivity index (χ2v) is 6.32. The fourth-order valence-electron chi connectivity index (χ4n) is 3.18. The number of nitrogens with zero attached hydrogens (tertiary/aromatic N) is 2. The van der Waals surface area contributed by atoms with Crippen molar-refractivity contribution in [2.24, 2.45) is 0 Å². The summed E-state index contributed by atoms with van der Waals surface area (Å²) in [5, 5.41) is 0. The highest BCUT2D eigenvalue weighted by molar-refractivity contribution is 5.69. The van der Waals surface area contributed by atoms with Crippen molar-refractivity contribution in [2.75, 3.05) is 14.2 Å². The van der Waals surface area contributed by atoms with E-state index in [0.29, 0.717) is 0 Å². The summed E-state index contributed by atoms with van der Waals surface area (Å²) in [4.78, 5) is 4.74. The predicted molar refractivity (Wildman–Crippen MR) is 105 cm³/mol. The summed E-state index contributed by atoms with van der Waals surface area (Å²) in [6, 6.07) is 16.3. The van der Waals surface area contributed by atoms with Gasteiger partial charge in [0.15, 0.2) is 0 Å². The fraction of sp³-hybridized carbons (Fsp3) is 0.318. The standard InChI is InChI=1S/C22H26N2O2/c1-4-5-12-20-22(19-11-6-7-13-21(19)26-3)23-16-24(20)15-17-9-8-10-18(14-17)25-2/h6-11,13-14,16H,4-5,12,15H2,1-3H3. The Morgan fingerprint density at radius 2 is 1.85 bits per heavy atom. The van der Waals surface area contributed by atoms with Gasteiger partial charge >= 0.3 is 0 Å². The van der Waals surface area contributed by atoms with Crippen LogP contribution in [-0.2, 0) is 13.0 Å². The average Bonchev–Trinajstić information content (AvgIpc) is 3.08. The number of rotatable bonds is 8. The normalized spacial score (nSPS) is 10.7. The molecule has 0 fully saturated rings. The monoisotopic (exact) mass is 350 g/mol. The number of hydrogen-bond acceptors (Lipinski definition) is 3. The molecule has 0 radical (unpaired) electrons. The zero-order valence-corrected chi connectivity index (χ0v) is 15.7. The van der Waals surface area contributed by atoms with Crippen LogP contribution in [0.1, 0.15) is 31.0 Å². The van der Waals surface area contributed by atoms with Gasteiger partial charge in [-0.3, -0.25) is 0 Å². The van der Waals surface area contributed by atoms with Crippen LogP contribution in [0.15, 0.2) is 54.9 Å². The van der Waals surface area contributed by atoms with Crippen molar-refractivity contribution in [3.8, 4) is 22.8 Å². The third kappa shape index (κ3) is 3.90. The molecule has 0 aliphatic carbocycles. The zero-order valence-electron chi connectivity index (χ0n) is 15.7. The smallest absolute Gasteiger partial charge is 0.128 e. The van der Waals surface area contributed by atoms with E-state index in [1.54, 1.807) is 14.2 Å². The van der Waals surface area contributed by atoms with Crippen molar-refractivity contribution in [1.82, 2.24) is 9.55 Å². The Morgan fingerprint density at radius 1 is 1.00 bits per heavy atom. The zero-order chi connectivity index (χ0) is 18.4. The molecule has 0 saturated heterocycles. The summed E-state index contributed by atoms with van der Waals surface area (Å²) < 4.78 is 13.1. The quantitative estimate of drug-likeness (QED) is 0.576. The number of benzene rings is 2. The first kappa shape index (κ1) is 18.1. The van der Waals surface area contributed by atoms with E-state index in [-0.39, 0.29) is 0 Å². The van der Waals surface area contributed by atoms with Crippen LogP contribution >= 0.6 is 0 Å². The molecule has 3 aromatic rings. The van der Waals surface area contributed by atoms with Crippen LogP contribution in [0.25, 0.3) is 11.3 Å². The molecular weight excluding hydrogens is 324 g/mol. The predicted octanol–water partition coefficient (Wildman–Crippen LogP) is 4.96. The summed E-state index contributed by atoms with van der Waals surface area (Å²) in [5.74, 6) is 1.74. The molecule has 26 heavy (non-hydrogen) atoms. The second-order valence-electron chi connectivity index (χ2n) is 6.32. The van der Waals surface area contributed by atoms with Crippen LogP contribution in [0.4, 0.5) is 0 Å². The third-order valence-corrected chi connectivity index (χ3v) is 4.56. The number of hydrogen-bond donors (Lipinski definition) is 0. The molecule has 0 bridgehead atoms. The van der Waals surface area contributed by atoms with Gasteiger partial charge in [0.05, 0.1) is 26.2 Å². The van der Waals surface area contributed by atoms with Crippen molar-refractivity contribution in [2.45, 2.75) is 32.7 Å². The molecule has 0 N–H and O–H groups in total. The maximum Gasteiger partial charge on any atom is 0.128 e. The lowest BCUT2D eigenvalue weighted by Crippen LogP contribution is -2.05. The van der Waals surface area contributed by atoms with E-state index in [1.165, 1.54) is 11.3 Å². The summed E-state index contributed by atoms with van der Waals surface area (Å²) in [6.07, 6.45) is 5.21. The first-order valence-electron chi connectivity index (χ1n) is 9.07. The van der Waals surface area contributed by atoms with Gasteiger partial charge in [-0.1, -0.05) is 37.6 Å². The highest BCUT2D eigenvalue weighted by Crippen LogP contribution is 2.32. The number of imidazole rings is 1. The molecular formula is C22H26N2O2. The Hall–Kier alpha value is -2.75. The highest BCUT2D eigenvalue weighted by Gasteiger charge is 2.16. The van der Waals surface area contributed by atoms with Gasteiger partial charge in [-0.2, -0.15) is 0 Å². The lowest BCUT2D eigenvalue weighted by molar-refractivity contribution is 0.414. The Morgan fingerprint density at radius 3 is 2.62 bits per heavy atom. The SMILES string of the molecule is CCCCc1c(-c2ccccc2OC)ncn1Cc1cccc(OC)c1. The molecule has 4 nitrogen and oxygen atoms in total. The van der Waals surface area contributed by atoms with Crippen LogP contribution < -0.4 is 9.47 Å². The Balaban J connectivity index is 1.99. The average molecular weight is 350 g/mol. The molecule has 0 saturated carbocycles. The van der Waals surface area contributed by atoms with Crippen molar-refractivity contribution < 1.29 is 9.47 Å². The van der Waals surface area contributed by atoms with E-state index in [2.05, 4.69) is 29.7 Å². The Bertz CT molecular complexity index is 855. The van der Waals surface area contributed by atoms with Crippen LogP contribution in [-0.4, -0.2) is 23.8 Å². The lowest BCUT2D eigenvalue weighted by Gasteiger charge is -2.12. The summed E-state index contributed by atoms with van der Waals surface area (Å²) in [6.45, 7) is 2.99. The molecule has 136 valence electrons. The minimum Gasteiger partial charge on any atom is -0.497 e. The van der Waals surface area contributed by atoms with Gasteiger partial charge in [0.2, 0.25) is 0 Å². The Kier molecular flexibility index (Phi) is 5.95. The van der Waals surface area contributed by atoms with E-state index < -0.39 is 0 Å². The maximum atomic E-state index is 5.55. The molecule has 1 aromatic heterocycles. The topological polar surface area (TPSA) is 36.3 Å². The first-order valence-corrected chi connectivity index (χ1v) is 9.07. The van der Waals surface area contributed by atoms with Gasteiger partial charge in [-0.25, -0.2) is 4.98 Å². The van der Waals surface area contributed by atoms with Gasteiger partial charge in [0.25, 0.3) is 0 Å². The summed E-state index contributed by atoms with van der Waals surface area (Å²) in [5.41, 5.74) is 4.51. The largest absolute Gasteiger partial charge is 0.497 e. The van der Waals surface area contributed by atoms with Crippen molar-refractivity contribution in [3.05, 3.63) is 66.1 Å². The van der Waals surface area contributed by atoms with Gasteiger partial charge in [0.1, 0.15) is 11.5 Å². The van der Waals surface area contributed by atoms with Gasteiger partial charge in [-0.15, -0.1) is 0 Å². The van der Waals surface area contributed by atoms with Gasteiger partial charge < -0.3 is 14.0 Å². The maximum absolute atomic E-state index is 5.55. The molecule has 0 aliphatic rings. The van der Waals surface area contributed by atoms with Crippen molar-refractivity contribution >= 4 is 0 Å². The van der Waals surface area contributed by atoms with E-state index in [0.717, 1.165) is 48.6 Å². The second kappa shape index (κ2) is 8.56. The minimum absolute atomic E-state index is 0.776. The molecule has 1 heterocycles. The van der Waals surface area contributed by atoms with Crippen LogP contribution in [0.2, 0.25) is 0 Å². The Labute approximate surface area is 155 Å². The van der Waals surface area contributed by atoms with E-state index in [1.807, 2.05) is 36.7 Å². The van der Waals surface area contributed by atoms with Crippen molar-refractivity contribution in [3.63, 3.8) is 0 Å². The minimum atomic E-state index is 0.776. The molecule has 0 aliphatic heterocycles. The van der Waals surface area contributed by atoms with Crippen LogP contribution in [0.3, 0.4) is 0 Å². The fourth-order valence-corrected chi connectivity index (χ4v) is 3.18. The number of ether oxygens (including phenoxy) is 2. The molecule has 0 amide bonds. The van der Waals surface area contributed by atoms with Gasteiger partial charge in [0, 0.05) is 17.8 Å². The lowest BCUT2D eigenvalue weighted by atomic mass is 10.1. The molecule has 0 spiro atoms. The molecule has 0 unspecified atom stereocenters. The number of methoxy groups -OCH3 is 2. The highest BCUT2D eigenvalue weighted by atomic mass is 16.5. The van der Waals surface area contributed by atoms with E-state index >= 15 is 0 Å². The summed E-state index contributed by atoms with van der Waals surface area (Å²) >= 11 is 0. The van der Waals surface area contributed by atoms with Crippen LogP contribution in [0.5, 0.6) is 11.5 Å². The van der Waals surface area contributed by atoms with E-state index in [4.69, 9.17) is 14.5 Å². The first-order chi connectivity index (χ1) is 12.8. The van der Waals surface area contributed by atoms with E-state index in [9.17, 15) is 0 Å².